The smallest absolute Gasteiger partial charge is 0.308 e. The number of hydrazone groups is 1. The molecule has 0 bridgehead atoms. The van der Waals surface area contributed by atoms with Crippen molar-refractivity contribution in [3.63, 3.8) is 0 Å². The number of amides is 1. The van der Waals surface area contributed by atoms with Gasteiger partial charge < -0.3 is 14.0 Å². The number of hydrogen-bond donors (Lipinski definition) is 0. The molecule has 0 aliphatic carbocycles. The van der Waals surface area contributed by atoms with E-state index in [-0.39, 0.29) is 5.91 Å². The van der Waals surface area contributed by atoms with Crippen LogP contribution in [0.5, 0.6) is 5.75 Å². The lowest BCUT2D eigenvalue weighted by Crippen LogP contribution is -2.26. The highest BCUT2D eigenvalue weighted by Crippen LogP contribution is 2.36. The first-order chi connectivity index (χ1) is 13.5. The molecule has 1 aromatic heterocycles. The summed E-state index contributed by atoms with van der Waals surface area (Å²) in [5.41, 5.74) is 2.37. The summed E-state index contributed by atoms with van der Waals surface area (Å²) in [5, 5.41) is 6.66. The van der Waals surface area contributed by atoms with Gasteiger partial charge in [-0.1, -0.05) is 30.3 Å². The molecular formula is C21H19N3O4. The van der Waals surface area contributed by atoms with E-state index in [2.05, 4.69) is 5.10 Å². The summed E-state index contributed by atoms with van der Waals surface area (Å²) in [6.07, 6.45) is 1.10. The number of carbonyl (C=O) groups is 2. The summed E-state index contributed by atoms with van der Waals surface area (Å²) in [6, 6.07) is 14.8. The fraction of sp³-hybridized carbons (Fsp3) is 0.190. The number of esters is 1. The van der Waals surface area contributed by atoms with Gasteiger partial charge in [-0.3, -0.25) is 9.59 Å². The molecule has 142 valence electrons. The SMILES string of the molecule is CC(=O)Oc1ccccc1[C@@H]1OC(c2cn(C)c3ccccc23)=NN1C(C)=O. The quantitative estimate of drug-likeness (QED) is 0.518. The summed E-state index contributed by atoms with van der Waals surface area (Å²) < 4.78 is 13.4. The highest BCUT2D eigenvalue weighted by Gasteiger charge is 2.36. The minimum absolute atomic E-state index is 0.280. The molecule has 1 aliphatic heterocycles. The van der Waals surface area contributed by atoms with Crippen molar-refractivity contribution in [3.8, 4) is 5.75 Å². The fourth-order valence-electron chi connectivity index (χ4n) is 3.32. The van der Waals surface area contributed by atoms with E-state index in [9.17, 15) is 9.59 Å². The summed E-state index contributed by atoms with van der Waals surface area (Å²) in [5.74, 6) is -0.0527. The lowest BCUT2D eigenvalue weighted by Gasteiger charge is -2.21. The standard InChI is InChI=1S/C21H19N3O4/c1-13(25)24-21(16-9-5-7-11-19(16)27-14(2)26)28-20(22-24)17-12-23(3)18-10-6-4-8-15(17)18/h4-12,21H,1-3H3/t21-/m0/s1. The Morgan fingerprint density at radius 1 is 1.07 bits per heavy atom. The van der Waals surface area contributed by atoms with Gasteiger partial charge in [0.25, 0.3) is 0 Å². The van der Waals surface area contributed by atoms with E-state index in [0.717, 1.165) is 16.5 Å². The normalized spacial score (nSPS) is 16.0. The number of aromatic nitrogens is 1. The summed E-state index contributed by atoms with van der Waals surface area (Å²) in [7, 11) is 1.94. The maximum absolute atomic E-state index is 12.2. The van der Waals surface area contributed by atoms with Gasteiger partial charge in [0.1, 0.15) is 5.75 Å². The van der Waals surface area contributed by atoms with E-state index in [0.29, 0.717) is 17.2 Å². The lowest BCUT2D eigenvalue weighted by molar-refractivity contribution is -0.135. The zero-order valence-electron chi connectivity index (χ0n) is 15.7. The van der Waals surface area contributed by atoms with Crippen molar-refractivity contribution in [1.82, 2.24) is 9.58 Å². The molecule has 0 unspecified atom stereocenters. The van der Waals surface area contributed by atoms with Crippen molar-refractivity contribution in [3.05, 3.63) is 65.9 Å². The molecule has 0 saturated carbocycles. The van der Waals surface area contributed by atoms with E-state index in [1.54, 1.807) is 24.3 Å². The third kappa shape index (κ3) is 3.00. The maximum atomic E-state index is 12.2. The Balaban J connectivity index is 1.77. The van der Waals surface area contributed by atoms with Crippen molar-refractivity contribution in [2.24, 2.45) is 12.1 Å². The minimum Gasteiger partial charge on any atom is -0.445 e. The zero-order chi connectivity index (χ0) is 19.8. The van der Waals surface area contributed by atoms with Gasteiger partial charge in [0, 0.05) is 38.0 Å². The molecule has 7 nitrogen and oxygen atoms in total. The molecule has 7 heteroatoms. The van der Waals surface area contributed by atoms with Crippen LogP contribution < -0.4 is 4.74 Å². The molecule has 4 rings (SSSR count). The van der Waals surface area contributed by atoms with Gasteiger partial charge in [0.2, 0.25) is 18.0 Å². The molecule has 28 heavy (non-hydrogen) atoms. The van der Waals surface area contributed by atoms with Crippen LogP contribution >= 0.6 is 0 Å². The number of para-hydroxylation sites is 2. The number of ether oxygens (including phenoxy) is 2. The number of nitrogens with zero attached hydrogens (tertiary/aromatic N) is 3. The van der Waals surface area contributed by atoms with Crippen molar-refractivity contribution >= 4 is 28.7 Å². The second kappa shape index (κ2) is 6.84. The first-order valence-corrected chi connectivity index (χ1v) is 8.82. The molecule has 0 spiro atoms. The second-order valence-electron chi connectivity index (χ2n) is 6.54. The molecule has 0 N–H and O–H groups in total. The van der Waals surface area contributed by atoms with Crippen molar-refractivity contribution in [1.29, 1.82) is 0 Å². The van der Waals surface area contributed by atoms with Gasteiger partial charge >= 0.3 is 5.97 Å². The van der Waals surface area contributed by atoms with Crippen molar-refractivity contribution < 1.29 is 19.1 Å². The molecular weight excluding hydrogens is 358 g/mol. The minimum atomic E-state index is -0.818. The molecule has 0 radical (unpaired) electrons. The number of aryl methyl sites for hydroxylation is 1. The van der Waals surface area contributed by atoms with Crippen molar-refractivity contribution in [2.45, 2.75) is 20.1 Å². The molecule has 1 aliphatic rings. The van der Waals surface area contributed by atoms with E-state index in [1.807, 2.05) is 42.1 Å². The van der Waals surface area contributed by atoms with E-state index >= 15 is 0 Å². The topological polar surface area (TPSA) is 73.1 Å². The maximum Gasteiger partial charge on any atom is 0.308 e. The first kappa shape index (κ1) is 17.8. The third-order valence-corrected chi connectivity index (χ3v) is 4.53. The van der Waals surface area contributed by atoms with Gasteiger partial charge in [-0.2, -0.15) is 5.01 Å². The fourth-order valence-corrected chi connectivity index (χ4v) is 3.32. The van der Waals surface area contributed by atoms with E-state index in [4.69, 9.17) is 9.47 Å². The summed E-state index contributed by atoms with van der Waals surface area (Å²) >= 11 is 0. The Bertz CT molecular complexity index is 1120. The van der Waals surface area contributed by atoms with Crippen LogP contribution in [0.15, 0.2) is 59.8 Å². The number of benzene rings is 2. The number of carbonyl (C=O) groups excluding carboxylic acids is 2. The first-order valence-electron chi connectivity index (χ1n) is 8.82. The third-order valence-electron chi connectivity index (χ3n) is 4.53. The Morgan fingerprint density at radius 2 is 1.79 bits per heavy atom. The molecule has 0 saturated heterocycles. The van der Waals surface area contributed by atoms with Gasteiger partial charge in [0.05, 0.1) is 11.1 Å². The molecule has 2 heterocycles. The highest BCUT2D eigenvalue weighted by molar-refractivity contribution is 6.07. The average molecular weight is 377 g/mol. The number of hydrogen-bond acceptors (Lipinski definition) is 5. The molecule has 1 atom stereocenters. The Kier molecular flexibility index (Phi) is 4.35. The molecule has 2 aromatic carbocycles. The van der Waals surface area contributed by atoms with Gasteiger partial charge in [-0.25, -0.2) is 0 Å². The number of rotatable bonds is 3. The van der Waals surface area contributed by atoms with Gasteiger partial charge in [-0.05, 0) is 18.2 Å². The average Bonchev–Trinajstić information content (AvgIpc) is 3.24. The predicted molar refractivity (Wildman–Crippen MR) is 104 cm³/mol. The molecule has 1 amide bonds. The van der Waals surface area contributed by atoms with Crippen LogP contribution in [0.3, 0.4) is 0 Å². The Morgan fingerprint density at radius 3 is 2.54 bits per heavy atom. The van der Waals surface area contributed by atoms with Crippen LogP contribution in [0, 0.1) is 0 Å². The highest BCUT2D eigenvalue weighted by atomic mass is 16.5. The summed E-state index contributed by atoms with van der Waals surface area (Å²) in [6.45, 7) is 2.74. The largest absolute Gasteiger partial charge is 0.445 e. The Labute approximate surface area is 161 Å². The monoisotopic (exact) mass is 377 g/mol. The van der Waals surface area contributed by atoms with Crippen LogP contribution in [0.1, 0.15) is 31.2 Å². The van der Waals surface area contributed by atoms with E-state index in [1.165, 1.54) is 18.9 Å². The van der Waals surface area contributed by atoms with Gasteiger partial charge in [-0.15, -0.1) is 5.10 Å². The zero-order valence-corrected chi connectivity index (χ0v) is 15.7. The second-order valence-corrected chi connectivity index (χ2v) is 6.54. The van der Waals surface area contributed by atoms with Crippen LogP contribution in [0.25, 0.3) is 10.9 Å². The van der Waals surface area contributed by atoms with Crippen LogP contribution in [0.2, 0.25) is 0 Å². The molecule has 3 aromatic rings. The van der Waals surface area contributed by atoms with Crippen LogP contribution in [-0.4, -0.2) is 27.4 Å². The van der Waals surface area contributed by atoms with Crippen LogP contribution in [0.4, 0.5) is 0 Å². The Hall–Kier alpha value is -3.61. The predicted octanol–water partition coefficient (Wildman–Crippen LogP) is 3.34. The van der Waals surface area contributed by atoms with Crippen LogP contribution in [-0.2, 0) is 21.4 Å². The number of fused-ring (bicyclic) bond motifs is 1. The van der Waals surface area contributed by atoms with Crippen molar-refractivity contribution in [2.75, 3.05) is 0 Å². The van der Waals surface area contributed by atoms with E-state index < -0.39 is 12.2 Å². The van der Waals surface area contributed by atoms with Gasteiger partial charge in [0.15, 0.2) is 0 Å². The molecule has 0 fully saturated rings. The summed E-state index contributed by atoms with van der Waals surface area (Å²) in [4.78, 5) is 23.7. The lowest BCUT2D eigenvalue weighted by atomic mass is 10.1.